The van der Waals surface area contributed by atoms with Crippen LogP contribution in [-0.2, 0) is 27.8 Å². The van der Waals surface area contributed by atoms with Gasteiger partial charge in [-0.25, -0.2) is 4.98 Å². The van der Waals surface area contributed by atoms with Crippen LogP contribution in [0, 0.1) is 0 Å². The van der Waals surface area contributed by atoms with Crippen LogP contribution in [0.2, 0.25) is 0 Å². The minimum absolute atomic E-state index is 0.210. The maximum atomic E-state index is 11.7. The Morgan fingerprint density at radius 2 is 2.06 bits per heavy atom. The van der Waals surface area contributed by atoms with Gasteiger partial charge in [-0.05, 0) is 39.5 Å². The van der Waals surface area contributed by atoms with E-state index in [2.05, 4.69) is 4.98 Å². The van der Waals surface area contributed by atoms with Gasteiger partial charge in [0, 0.05) is 4.88 Å². The van der Waals surface area contributed by atoms with E-state index in [1.54, 1.807) is 11.3 Å². The molecule has 1 aromatic rings. The predicted molar refractivity (Wildman–Crippen MR) is 63.8 cm³/mol. The van der Waals surface area contributed by atoms with Gasteiger partial charge in [0.05, 0.1) is 12.8 Å². The highest BCUT2D eigenvalue weighted by Gasteiger charge is 2.35. The summed E-state index contributed by atoms with van der Waals surface area (Å²) in [4.78, 5) is 17.7. The summed E-state index contributed by atoms with van der Waals surface area (Å²) in [6.45, 7) is 3.76. The second-order valence-electron chi connectivity index (χ2n) is 4.71. The number of nitrogens with zero attached hydrogens (tertiary/aromatic N) is 1. The van der Waals surface area contributed by atoms with E-state index < -0.39 is 5.41 Å². The summed E-state index contributed by atoms with van der Waals surface area (Å²) >= 11 is 1.67. The fraction of sp³-hybridized carbons (Fsp3) is 0.667. The minimum atomic E-state index is -0.614. The second kappa shape index (κ2) is 4.17. The molecule has 2 rings (SSSR count). The first kappa shape index (κ1) is 11.6. The van der Waals surface area contributed by atoms with Crippen molar-refractivity contribution in [2.45, 2.75) is 44.9 Å². The smallest absolute Gasteiger partial charge is 0.318 e. The summed E-state index contributed by atoms with van der Waals surface area (Å²) in [6, 6.07) is 0. The number of fused-ring (bicyclic) bond motifs is 1. The molecule has 0 bridgehead atoms. The van der Waals surface area contributed by atoms with Crippen molar-refractivity contribution in [2.24, 2.45) is 0 Å². The molecule has 16 heavy (non-hydrogen) atoms. The lowest BCUT2D eigenvalue weighted by molar-refractivity contribution is -0.146. The Morgan fingerprint density at radius 3 is 2.69 bits per heavy atom. The molecule has 0 radical (unpaired) electrons. The number of carbonyl (C=O) groups excluding carboxylic acids is 1. The number of aryl methyl sites for hydroxylation is 2. The first-order chi connectivity index (χ1) is 7.55. The number of esters is 1. The van der Waals surface area contributed by atoms with Crippen molar-refractivity contribution in [2.75, 3.05) is 7.11 Å². The first-order valence-corrected chi connectivity index (χ1v) is 6.45. The number of methoxy groups -OCH3 is 1. The quantitative estimate of drug-likeness (QED) is 0.744. The molecule has 0 atom stereocenters. The molecule has 0 unspecified atom stereocenters. The van der Waals surface area contributed by atoms with E-state index in [4.69, 9.17) is 4.74 Å². The molecular weight excluding hydrogens is 222 g/mol. The van der Waals surface area contributed by atoms with Crippen LogP contribution in [0.3, 0.4) is 0 Å². The third-order valence-electron chi connectivity index (χ3n) is 3.08. The van der Waals surface area contributed by atoms with Gasteiger partial charge in [-0.1, -0.05) is 0 Å². The Hall–Kier alpha value is -0.900. The Labute approximate surface area is 99.8 Å². The lowest BCUT2D eigenvalue weighted by atomic mass is 9.94. The molecule has 0 spiro atoms. The first-order valence-electron chi connectivity index (χ1n) is 5.63. The summed E-state index contributed by atoms with van der Waals surface area (Å²) in [5.41, 5.74) is 0.583. The van der Waals surface area contributed by atoms with E-state index in [-0.39, 0.29) is 5.97 Å². The fourth-order valence-electron chi connectivity index (χ4n) is 1.96. The zero-order valence-electron chi connectivity index (χ0n) is 10.0. The number of aromatic nitrogens is 1. The summed E-state index contributed by atoms with van der Waals surface area (Å²) in [7, 11) is 1.43. The number of carbonyl (C=O) groups is 1. The van der Waals surface area contributed by atoms with Crippen LogP contribution < -0.4 is 0 Å². The maximum Gasteiger partial charge on any atom is 0.318 e. The second-order valence-corrected chi connectivity index (χ2v) is 5.80. The van der Waals surface area contributed by atoms with Crippen molar-refractivity contribution in [1.29, 1.82) is 0 Å². The van der Waals surface area contributed by atoms with Crippen molar-refractivity contribution in [3.8, 4) is 0 Å². The summed E-state index contributed by atoms with van der Waals surface area (Å²) in [5.74, 6) is -0.210. The monoisotopic (exact) mass is 239 g/mol. The summed E-state index contributed by atoms with van der Waals surface area (Å²) < 4.78 is 4.83. The summed E-state index contributed by atoms with van der Waals surface area (Å²) in [5, 5.41) is 0.895. The molecule has 0 saturated carbocycles. The Kier molecular flexibility index (Phi) is 3.02. The van der Waals surface area contributed by atoms with Gasteiger partial charge in [-0.2, -0.15) is 0 Å². The Morgan fingerprint density at radius 1 is 1.38 bits per heavy atom. The van der Waals surface area contributed by atoms with E-state index in [1.807, 2.05) is 13.8 Å². The van der Waals surface area contributed by atoms with Gasteiger partial charge in [0.2, 0.25) is 0 Å². The highest BCUT2D eigenvalue weighted by Crippen LogP contribution is 2.34. The van der Waals surface area contributed by atoms with Crippen LogP contribution in [0.5, 0.6) is 0 Å². The molecule has 3 nitrogen and oxygen atoms in total. The molecule has 0 N–H and O–H groups in total. The fourth-order valence-corrected chi connectivity index (χ4v) is 3.20. The molecular formula is C12H17NO2S. The van der Waals surface area contributed by atoms with Crippen LogP contribution in [0.1, 0.15) is 42.3 Å². The molecule has 0 fully saturated rings. The SMILES string of the molecule is COC(=O)C(C)(C)c1nc2c(s1)CCCC2. The molecule has 0 saturated heterocycles. The molecule has 1 aliphatic rings. The summed E-state index contributed by atoms with van der Waals surface area (Å²) in [6.07, 6.45) is 4.63. The van der Waals surface area contributed by atoms with E-state index in [0.717, 1.165) is 17.8 Å². The van der Waals surface area contributed by atoms with E-state index in [1.165, 1.54) is 30.5 Å². The number of rotatable bonds is 2. The van der Waals surface area contributed by atoms with Crippen LogP contribution in [-0.4, -0.2) is 18.1 Å². The molecule has 4 heteroatoms. The van der Waals surface area contributed by atoms with Gasteiger partial charge >= 0.3 is 5.97 Å². The van der Waals surface area contributed by atoms with Gasteiger partial charge in [0.25, 0.3) is 0 Å². The zero-order valence-corrected chi connectivity index (χ0v) is 10.8. The average Bonchev–Trinajstić information content (AvgIpc) is 2.72. The van der Waals surface area contributed by atoms with Gasteiger partial charge < -0.3 is 4.74 Å². The highest BCUT2D eigenvalue weighted by atomic mass is 32.1. The van der Waals surface area contributed by atoms with Gasteiger partial charge in [0.15, 0.2) is 0 Å². The van der Waals surface area contributed by atoms with Crippen molar-refractivity contribution >= 4 is 17.3 Å². The lowest BCUT2D eigenvalue weighted by Crippen LogP contribution is -2.30. The molecule has 1 aliphatic carbocycles. The standard InChI is InChI=1S/C12H17NO2S/c1-12(2,11(14)15-3)10-13-8-6-4-5-7-9(8)16-10/h4-7H2,1-3H3. The highest BCUT2D eigenvalue weighted by molar-refractivity contribution is 7.12. The Bertz CT molecular complexity index is 386. The van der Waals surface area contributed by atoms with Crippen LogP contribution >= 0.6 is 11.3 Å². The lowest BCUT2D eigenvalue weighted by Gasteiger charge is -2.18. The molecule has 0 amide bonds. The number of ether oxygens (including phenoxy) is 1. The molecule has 0 aliphatic heterocycles. The molecule has 1 heterocycles. The van der Waals surface area contributed by atoms with Gasteiger partial charge in [-0.15, -0.1) is 11.3 Å². The zero-order chi connectivity index (χ0) is 11.8. The predicted octanol–water partition coefficient (Wildman–Crippen LogP) is 2.47. The van der Waals surface area contributed by atoms with E-state index in [0.29, 0.717) is 0 Å². The average molecular weight is 239 g/mol. The van der Waals surface area contributed by atoms with Gasteiger partial charge in [0.1, 0.15) is 10.4 Å². The van der Waals surface area contributed by atoms with Crippen molar-refractivity contribution in [3.05, 3.63) is 15.6 Å². The van der Waals surface area contributed by atoms with Crippen LogP contribution in [0.4, 0.5) is 0 Å². The van der Waals surface area contributed by atoms with E-state index >= 15 is 0 Å². The number of hydrogen-bond acceptors (Lipinski definition) is 4. The van der Waals surface area contributed by atoms with Gasteiger partial charge in [-0.3, -0.25) is 4.79 Å². The normalized spacial score (nSPS) is 15.7. The third kappa shape index (κ3) is 1.86. The molecule has 1 aromatic heterocycles. The number of thiazole rings is 1. The van der Waals surface area contributed by atoms with Crippen LogP contribution in [0.25, 0.3) is 0 Å². The largest absolute Gasteiger partial charge is 0.468 e. The molecule has 0 aromatic carbocycles. The topological polar surface area (TPSA) is 39.2 Å². The minimum Gasteiger partial charge on any atom is -0.468 e. The number of hydrogen-bond donors (Lipinski definition) is 0. The van der Waals surface area contributed by atoms with Crippen molar-refractivity contribution in [1.82, 2.24) is 4.98 Å². The third-order valence-corrected chi connectivity index (χ3v) is 4.56. The Balaban J connectivity index is 2.33. The van der Waals surface area contributed by atoms with E-state index in [9.17, 15) is 4.79 Å². The molecule has 88 valence electrons. The maximum absolute atomic E-state index is 11.7. The van der Waals surface area contributed by atoms with Crippen molar-refractivity contribution in [3.63, 3.8) is 0 Å². The van der Waals surface area contributed by atoms with Crippen LogP contribution in [0.15, 0.2) is 0 Å². The van der Waals surface area contributed by atoms with Crippen molar-refractivity contribution < 1.29 is 9.53 Å².